The molecule has 0 aromatic carbocycles. The molecule has 0 radical (unpaired) electrons. The van der Waals surface area contributed by atoms with Gasteiger partial charge in [0.05, 0.1) is 18.6 Å². The zero-order valence-corrected chi connectivity index (χ0v) is 6.90. The summed E-state index contributed by atoms with van der Waals surface area (Å²) in [6, 6.07) is 0. The van der Waals surface area contributed by atoms with E-state index in [1.807, 2.05) is 10.8 Å². The molecule has 64 valence electrons. The summed E-state index contributed by atoms with van der Waals surface area (Å²) in [5, 5.41) is 8.71. The first kappa shape index (κ1) is 8.82. The Bertz CT molecular complexity index is 272. The number of aromatic nitrogens is 2. The minimum Gasteiger partial charge on any atom is -0.390 e. The molecule has 0 saturated heterocycles. The number of nitrogens with zero attached hydrogens (tertiary/aromatic N) is 2. The van der Waals surface area contributed by atoms with Gasteiger partial charge in [0, 0.05) is 19.2 Å². The fraction of sp³-hybridized carbons (Fsp3) is 0.444. The van der Waals surface area contributed by atoms with Gasteiger partial charge >= 0.3 is 0 Å². The minimum atomic E-state index is 0.00212. The van der Waals surface area contributed by atoms with Gasteiger partial charge in [-0.15, -0.1) is 12.3 Å². The second-order valence-corrected chi connectivity index (χ2v) is 2.57. The van der Waals surface area contributed by atoms with Gasteiger partial charge in [0.25, 0.3) is 0 Å². The number of aryl methyl sites for hydroxylation is 1. The lowest BCUT2D eigenvalue weighted by molar-refractivity contribution is 0.277. The average Bonchev–Trinajstić information content (AvgIpc) is 2.53. The van der Waals surface area contributed by atoms with E-state index in [1.54, 1.807) is 6.33 Å². The van der Waals surface area contributed by atoms with E-state index < -0.39 is 0 Å². The third-order valence-corrected chi connectivity index (χ3v) is 1.59. The summed E-state index contributed by atoms with van der Waals surface area (Å²) < 4.78 is 1.93. The van der Waals surface area contributed by atoms with E-state index >= 15 is 0 Å². The molecule has 1 N–H and O–H groups in total. The van der Waals surface area contributed by atoms with E-state index in [0.29, 0.717) is 5.69 Å². The van der Waals surface area contributed by atoms with Crippen LogP contribution in [0.1, 0.15) is 18.5 Å². The van der Waals surface area contributed by atoms with E-state index in [0.717, 1.165) is 19.4 Å². The lowest BCUT2D eigenvalue weighted by Gasteiger charge is -1.96. The van der Waals surface area contributed by atoms with Gasteiger partial charge in [-0.3, -0.25) is 0 Å². The second kappa shape index (κ2) is 4.58. The lowest BCUT2D eigenvalue weighted by Crippen LogP contribution is -1.93. The van der Waals surface area contributed by atoms with Crippen LogP contribution in [0.25, 0.3) is 0 Å². The molecule has 3 nitrogen and oxygen atoms in total. The van der Waals surface area contributed by atoms with Crippen molar-refractivity contribution >= 4 is 0 Å². The van der Waals surface area contributed by atoms with Crippen LogP contribution in [-0.2, 0) is 13.2 Å². The molecular formula is C9H12N2O. The number of hydrogen-bond donors (Lipinski definition) is 1. The van der Waals surface area contributed by atoms with Crippen molar-refractivity contribution in [2.45, 2.75) is 26.0 Å². The van der Waals surface area contributed by atoms with Gasteiger partial charge in [0.1, 0.15) is 0 Å². The Hall–Kier alpha value is -1.27. The Balaban J connectivity index is 2.37. The van der Waals surface area contributed by atoms with Crippen LogP contribution in [0.3, 0.4) is 0 Å². The average molecular weight is 164 g/mol. The highest BCUT2D eigenvalue weighted by atomic mass is 16.3. The van der Waals surface area contributed by atoms with Crippen LogP contribution in [0.15, 0.2) is 12.5 Å². The first-order chi connectivity index (χ1) is 5.86. The SMILES string of the molecule is C#CCCCn1cnc(CO)c1. The smallest absolute Gasteiger partial charge is 0.0950 e. The lowest BCUT2D eigenvalue weighted by atomic mass is 10.3. The van der Waals surface area contributed by atoms with E-state index in [4.69, 9.17) is 11.5 Å². The van der Waals surface area contributed by atoms with Crippen molar-refractivity contribution in [1.82, 2.24) is 9.55 Å². The predicted molar refractivity (Wildman–Crippen MR) is 46.2 cm³/mol. The number of unbranched alkanes of at least 4 members (excludes halogenated alkanes) is 1. The summed E-state index contributed by atoms with van der Waals surface area (Å²) in [6.07, 6.45) is 10.4. The summed E-state index contributed by atoms with van der Waals surface area (Å²) in [6.45, 7) is 0.874. The Morgan fingerprint density at radius 1 is 1.67 bits per heavy atom. The number of aliphatic hydroxyl groups is 1. The normalized spacial score (nSPS) is 9.67. The summed E-state index contributed by atoms with van der Waals surface area (Å²) in [5.41, 5.74) is 0.704. The molecule has 0 spiro atoms. The van der Waals surface area contributed by atoms with Crippen LogP contribution in [0, 0.1) is 12.3 Å². The molecular weight excluding hydrogens is 152 g/mol. The van der Waals surface area contributed by atoms with E-state index in [2.05, 4.69) is 10.9 Å². The Labute approximate surface area is 72.1 Å². The number of imidazole rings is 1. The van der Waals surface area contributed by atoms with Crippen LogP contribution in [0.5, 0.6) is 0 Å². The molecule has 1 aromatic heterocycles. The summed E-state index contributed by atoms with van der Waals surface area (Å²) in [5.74, 6) is 2.58. The number of aliphatic hydroxyl groups excluding tert-OH is 1. The number of terminal acetylenes is 1. The van der Waals surface area contributed by atoms with Gasteiger partial charge in [-0.25, -0.2) is 4.98 Å². The van der Waals surface area contributed by atoms with Gasteiger partial charge in [-0.2, -0.15) is 0 Å². The highest BCUT2D eigenvalue weighted by molar-refractivity contribution is 4.94. The van der Waals surface area contributed by atoms with Crippen LogP contribution in [-0.4, -0.2) is 14.7 Å². The molecule has 0 bridgehead atoms. The highest BCUT2D eigenvalue weighted by Gasteiger charge is 1.95. The summed E-state index contributed by atoms with van der Waals surface area (Å²) in [7, 11) is 0. The van der Waals surface area contributed by atoms with Gasteiger partial charge in [0.2, 0.25) is 0 Å². The van der Waals surface area contributed by atoms with Crippen LogP contribution in [0.4, 0.5) is 0 Å². The fourth-order valence-electron chi connectivity index (χ4n) is 0.974. The van der Waals surface area contributed by atoms with Gasteiger partial charge in [0.15, 0.2) is 0 Å². The quantitative estimate of drug-likeness (QED) is 0.527. The zero-order chi connectivity index (χ0) is 8.81. The Kier molecular flexibility index (Phi) is 3.36. The first-order valence-corrected chi connectivity index (χ1v) is 3.92. The Morgan fingerprint density at radius 3 is 3.08 bits per heavy atom. The van der Waals surface area contributed by atoms with Crippen molar-refractivity contribution in [3.05, 3.63) is 18.2 Å². The van der Waals surface area contributed by atoms with E-state index in [9.17, 15) is 0 Å². The molecule has 0 saturated carbocycles. The van der Waals surface area contributed by atoms with Gasteiger partial charge in [-0.05, 0) is 6.42 Å². The summed E-state index contributed by atoms with van der Waals surface area (Å²) in [4.78, 5) is 3.97. The molecule has 0 aliphatic rings. The molecule has 0 amide bonds. The predicted octanol–water partition coefficient (Wildman–Crippen LogP) is 0.789. The summed E-state index contributed by atoms with van der Waals surface area (Å²) >= 11 is 0. The molecule has 0 atom stereocenters. The topological polar surface area (TPSA) is 38.0 Å². The molecule has 12 heavy (non-hydrogen) atoms. The van der Waals surface area contributed by atoms with Crippen molar-refractivity contribution in [3.8, 4) is 12.3 Å². The molecule has 1 heterocycles. The van der Waals surface area contributed by atoms with Crippen molar-refractivity contribution < 1.29 is 5.11 Å². The third kappa shape index (κ3) is 2.40. The molecule has 0 unspecified atom stereocenters. The molecule has 0 aliphatic carbocycles. The van der Waals surface area contributed by atoms with Gasteiger partial charge < -0.3 is 9.67 Å². The van der Waals surface area contributed by atoms with Crippen molar-refractivity contribution in [2.75, 3.05) is 0 Å². The number of rotatable bonds is 4. The van der Waals surface area contributed by atoms with Crippen molar-refractivity contribution in [3.63, 3.8) is 0 Å². The molecule has 0 fully saturated rings. The molecule has 1 rings (SSSR count). The maximum atomic E-state index is 8.71. The highest BCUT2D eigenvalue weighted by Crippen LogP contribution is 1.98. The van der Waals surface area contributed by atoms with Crippen LogP contribution < -0.4 is 0 Å². The minimum absolute atomic E-state index is 0.00212. The van der Waals surface area contributed by atoms with Crippen LogP contribution in [0.2, 0.25) is 0 Å². The molecule has 3 heteroatoms. The monoisotopic (exact) mass is 164 g/mol. The van der Waals surface area contributed by atoms with Crippen molar-refractivity contribution in [2.24, 2.45) is 0 Å². The van der Waals surface area contributed by atoms with E-state index in [-0.39, 0.29) is 6.61 Å². The van der Waals surface area contributed by atoms with Gasteiger partial charge in [-0.1, -0.05) is 0 Å². The Morgan fingerprint density at radius 2 is 2.50 bits per heavy atom. The molecule has 0 aliphatic heterocycles. The zero-order valence-electron chi connectivity index (χ0n) is 6.90. The maximum Gasteiger partial charge on any atom is 0.0950 e. The largest absolute Gasteiger partial charge is 0.390 e. The standard InChI is InChI=1S/C9H12N2O/c1-2-3-4-5-11-6-9(7-12)10-8-11/h1,6,8,12H,3-5,7H2. The van der Waals surface area contributed by atoms with Crippen LogP contribution >= 0.6 is 0 Å². The third-order valence-electron chi connectivity index (χ3n) is 1.59. The van der Waals surface area contributed by atoms with E-state index in [1.165, 1.54) is 0 Å². The first-order valence-electron chi connectivity index (χ1n) is 3.92. The second-order valence-electron chi connectivity index (χ2n) is 2.57. The maximum absolute atomic E-state index is 8.71. The molecule has 1 aromatic rings. The fourth-order valence-corrected chi connectivity index (χ4v) is 0.974. The number of hydrogen-bond acceptors (Lipinski definition) is 2. The van der Waals surface area contributed by atoms with Crippen molar-refractivity contribution in [1.29, 1.82) is 0 Å².